The van der Waals surface area contributed by atoms with Gasteiger partial charge in [-0.1, -0.05) is 30.8 Å². The first-order valence-corrected chi connectivity index (χ1v) is 7.59. The predicted molar refractivity (Wildman–Crippen MR) is 88.5 cm³/mol. The molecule has 2 rings (SSSR count). The Hall–Kier alpha value is -2.48. The third-order valence-corrected chi connectivity index (χ3v) is 3.33. The SMILES string of the molecule is CCSc1nc(N)cc(NC(=O)Nc2ccccc2OC)n1. The Bertz CT molecular complexity index is 665. The largest absolute Gasteiger partial charge is 0.495 e. The highest BCUT2D eigenvalue weighted by Gasteiger charge is 2.09. The van der Waals surface area contributed by atoms with Crippen molar-refractivity contribution in [1.82, 2.24) is 9.97 Å². The van der Waals surface area contributed by atoms with Gasteiger partial charge in [0.1, 0.15) is 17.4 Å². The van der Waals surface area contributed by atoms with E-state index in [-0.39, 0.29) is 0 Å². The Morgan fingerprint density at radius 2 is 2.09 bits per heavy atom. The van der Waals surface area contributed by atoms with Crippen molar-refractivity contribution in [3.63, 3.8) is 0 Å². The van der Waals surface area contributed by atoms with Crippen molar-refractivity contribution in [3.05, 3.63) is 30.3 Å². The van der Waals surface area contributed by atoms with E-state index >= 15 is 0 Å². The minimum Gasteiger partial charge on any atom is -0.495 e. The number of methoxy groups -OCH3 is 1. The predicted octanol–water partition coefficient (Wildman–Crippen LogP) is 2.82. The van der Waals surface area contributed by atoms with Crippen LogP contribution in [0.15, 0.2) is 35.5 Å². The molecule has 0 saturated carbocycles. The van der Waals surface area contributed by atoms with E-state index in [0.29, 0.717) is 28.2 Å². The molecule has 0 radical (unpaired) electrons. The third-order valence-electron chi connectivity index (χ3n) is 2.60. The van der Waals surface area contributed by atoms with E-state index in [1.54, 1.807) is 18.2 Å². The van der Waals surface area contributed by atoms with Crippen molar-refractivity contribution in [2.24, 2.45) is 0 Å². The van der Waals surface area contributed by atoms with Crippen molar-refractivity contribution >= 4 is 35.1 Å². The first-order valence-electron chi connectivity index (χ1n) is 6.60. The molecular weight excluding hydrogens is 302 g/mol. The van der Waals surface area contributed by atoms with E-state index in [2.05, 4.69) is 20.6 Å². The fourth-order valence-corrected chi connectivity index (χ4v) is 2.31. The van der Waals surface area contributed by atoms with Gasteiger partial charge in [-0.15, -0.1) is 0 Å². The number of para-hydroxylation sites is 2. The van der Waals surface area contributed by atoms with Crippen molar-refractivity contribution in [3.8, 4) is 5.75 Å². The minimum absolute atomic E-state index is 0.304. The number of aromatic nitrogens is 2. The highest BCUT2D eigenvalue weighted by Crippen LogP contribution is 2.23. The summed E-state index contributed by atoms with van der Waals surface area (Å²) < 4.78 is 5.18. The third kappa shape index (κ3) is 4.26. The number of ether oxygens (including phenoxy) is 1. The van der Waals surface area contributed by atoms with Gasteiger partial charge >= 0.3 is 6.03 Å². The van der Waals surface area contributed by atoms with Crippen molar-refractivity contribution in [1.29, 1.82) is 0 Å². The Balaban J connectivity index is 2.09. The van der Waals surface area contributed by atoms with E-state index in [9.17, 15) is 4.79 Å². The van der Waals surface area contributed by atoms with Crippen LogP contribution >= 0.6 is 11.8 Å². The summed E-state index contributed by atoms with van der Waals surface area (Å²) in [6.07, 6.45) is 0. The molecule has 0 bridgehead atoms. The van der Waals surface area contributed by atoms with Gasteiger partial charge in [-0.05, 0) is 17.9 Å². The highest BCUT2D eigenvalue weighted by molar-refractivity contribution is 7.99. The summed E-state index contributed by atoms with van der Waals surface area (Å²) >= 11 is 1.45. The summed E-state index contributed by atoms with van der Waals surface area (Å²) in [5, 5.41) is 5.85. The molecule has 7 nitrogen and oxygen atoms in total. The van der Waals surface area contributed by atoms with E-state index in [0.717, 1.165) is 5.75 Å². The number of thioether (sulfide) groups is 1. The summed E-state index contributed by atoms with van der Waals surface area (Å²) in [4.78, 5) is 20.3. The van der Waals surface area contributed by atoms with Gasteiger partial charge in [-0.25, -0.2) is 14.8 Å². The number of nitrogens with zero attached hydrogens (tertiary/aromatic N) is 2. The van der Waals surface area contributed by atoms with Crippen LogP contribution in [0.1, 0.15) is 6.92 Å². The van der Waals surface area contributed by atoms with Gasteiger partial charge in [0.25, 0.3) is 0 Å². The van der Waals surface area contributed by atoms with Crippen molar-refractivity contribution in [2.75, 3.05) is 29.2 Å². The lowest BCUT2D eigenvalue weighted by molar-refractivity contribution is 0.262. The highest BCUT2D eigenvalue weighted by atomic mass is 32.2. The number of anilines is 3. The van der Waals surface area contributed by atoms with Gasteiger partial charge in [0, 0.05) is 6.07 Å². The Morgan fingerprint density at radius 3 is 2.82 bits per heavy atom. The first-order chi connectivity index (χ1) is 10.6. The minimum atomic E-state index is -0.435. The summed E-state index contributed by atoms with van der Waals surface area (Å²) in [5.74, 6) is 2.03. The van der Waals surface area contributed by atoms with Gasteiger partial charge in [0.05, 0.1) is 12.8 Å². The molecule has 2 amide bonds. The molecule has 0 fully saturated rings. The number of carbonyl (C=O) groups excluding carboxylic acids is 1. The molecule has 1 aromatic heterocycles. The zero-order valence-electron chi connectivity index (χ0n) is 12.3. The quantitative estimate of drug-likeness (QED) is 0.578. The standard InChI is InChI=1S/C14H17N5O2S/c1-3-22-14-17-11(15)8-12(19-14)18-13(20)16-9-6-4-5-7-10(9)21-2/h4-8H,3H2,1-2H3,(H4,15,16,17,18,19,20). The molecule has 8 heteroatoms. The van der Waals surface area contributed by atoms with E-state index in [1.165, 1.54) is 24.9 Å². The number of urea groups is 1. The molecule has 0 saturated heterocycles. The summed E-state index contributed by atoms with van der Waals surface area (Å²) in [5.41, 5.74) is 6.27. The molecule has 22 heavy (non-hydrogen) atoms. The number of nitrogens with one attached hydrogen (secondary N) is 2. The lowest BCUT2D eigenvalue weighted by Crippen LogP contribution is -2.21. The van der Waals surface area contributed by atoms with Gasteiger partial charge in [-0.3, -0.25) is 5.32 Å². The number of carbonyl (C=O) groups is 1. The smallest absolute Gasteiger partial charge is 0.324 e. The van der Waals surface area contributed by atoms with Gasteiger partial charge in [-0.2, -0.15) is 0 Å². The fraction of sp³-hybridized carbons (Fsp3) is 0.214. The zero-order chi connectivity index (χ0) is 15.9. The molecular formula is C14H17N5O2S. The number of nitrogen functional groups attached to an aromatic ring is 1. The van der Waals surface area contributed by atoms with Crippen LogP contribution in [-0.2, 0) is 0 Å². The van der Waals surface area contributed by atoms with Crippen molar-refractivity contribution in [2.45, 2.75) is 12.1 Å². The number of amides is 2. The number of benzene rings is 1. The molecule has 1 aromatic carbocycles. The fourth-order valence-electron chi connectivity index (χ4n) is 1.72. The number of hydrogen-bond acceptors (Lipinski definition) is 6. The molecule has 4 N–H and O–H groups in total. The number of nitrogens with two attached hydrogens (primary N) is 1. The molecule has 0 aliphatic carbocycles. The second-order valence-electron chi connectivity index (χ2n) is 4.17. The molecule has 0 aliphatic rings. The van der Waals surface area contributed by atoms with Crippen LogP contribution in [0.2, 0.25) is 0 Å². The average Bonchev–Trinajstić information content (AvgIpc) is 2.47. The van der Waals surface area contributed by atoms with Crippen molar-refractivity contribution < 1.29 is 9.53 Å². The molecule has 116 valence electrons. The van der Waals surface area contributed by atoms with Crippen LogP contribution in [0.4, 0.5) is 22.1 Å². The molecule has 0 unspecified atom stereocenters. The molecule has 2 aromatic rings. The first kappa shape index (κ1) is 15.9. The van der Waals surface area contributed by atoms with Crippen LogP contribution in [0, 0.1) is 0 Å². The van der Waals surface area contributed by atoms with E-state index in [1.807, 2.05) is 13.0 Å². The Labute approximate surface area is 132 Å². The molecule has 0 spiro atoms. The lowest BCUT2D eigenvalue weighted by Gasteiger charge is -2.11. The second-order valence-corrected chi connectivity index (χ2v) is 5.40. The topological polar surface area (TPSA) is 102 Å². The molecule has 0 atom stereocenters. The normalized spacial score (nSPS) is 10.1. The maximum absolute atomic E-state index is 12.0. The van der Waals surface area contributed by atoms with E-state index in [4.69, 9.17) is 10.5 Å². The lowest BCUT2D eigenvalue weighted by atomic mass is 10.3. The Kier molecular flexibility index (Phi) is 5.42. The molecule has 1 heterocycles. The Morgan fingerprint density at radius 1 is 1.32 bits per heavy atom. The number of rotatable bonds is 5. The van der Waals surface area contributed by atoms with Crippen LogP contribution in [0.25, 0.3) is 0 Å². The van der Waals surface area contributed by atoms with Gasteiger partial charge < -0.3 is 15.8 Å². The van der Waals surface area contributed by atoms with Gasteiger partial charge in [0.2, 0.25) is 0 Å². The average molecular weight is 319 g/mol. The summed E-state index contributed by atoms with van der Waals surface area (Å²) in [7, 11) is 1.54. The monoisotopic (exact) mass is 319 g/mol. The van der Waals surface area contributed by atoms with Crippen LogP contribution < -0.4 is 21.1 Å². The van der Waals surface area contributed by atoms with Gasteiger partial charge in [0.15, 0.2) is 5.16 Å². The van der Waals surface area contributed by atoms with Crippen LogP contribution in [0.3, 0.4) is 0 Å². The zero-order valence-corrected chi connectivity index (χ0v) is 13.1. The van der Waals surface area contributed by atoms with E-state index < -0.39 is 6.03 Å². The summed E-state index contributed by atoms with van der Waals surface area (Å²) in [6.45, 7) is 1.98. The maximum Gasteiger partial charge on any atom is 0.324 e. The number of hydrogen-bond donors (Lipinski definition) is 3. The second kappa shape index (κ2) is 7.51. The van der Waals surface area contributed by atoms with Crippen LogP contribution in [-0.4, -0.2) is 28.9 Å². The maximum atomic E-state index is 12.0. The van der Waals surface area contributed by atoms with Crippen LogP contribution in [0.5, 0.6) is 5.75 Å². The molecule has 0 aliphatic heterocycles. The summed E-state index contributed by atoms with van der Waals surface area (Å²) in [6, 6.07) is 8.19.